The average molecular weight is 450 g/mol. The van der Waals surface area contributed by atoms with Gasteiger partial charge in [-0.1, -0.05) is 20.8 Å². The average Bonchev–Trinajstić information content (AvgIpc) is 2.66. The molecule has 0 unspecified atom stereocenters. The van der Waals surface area contributed by atoms with Crippen molar-refractivity contribution in [3.63, 3.8) is 0 Å². The molecular formula is C25H43N3O4. The van der Waals surface area contributed by atoms with Gasteiger partial charge in [-0.2, -0.15) is 0 Å². The zero-order valence-corrected chi connectivity index (χ0v) is 21.5. The molecule has 0 spiro atoms. The zero-order chi connectivity index (χ0) is 24.7. The van der Waals surface area contributed by atoms with E-state index in [9.17, 15) is 9.59 Å². The molecule has 1 aromatic carbocycles. The number of rotatable bonds is 8. The first-order chi connectivity index (χ1) is 14.8. The van der Waals surface area contributed by atoms with Crippen LogP contribution < -0.4 is 16.4 Å². The Morgan fingerprint density at radius 2 is 0.969 bits per heavy atom. The number of benzene rings is 1. The fourth-order valence-electron chi connectivity index (χ4n) is 4.00. The van der Waals surface area contributed by atoms with Crippen molar-refractivity contribution in [1.29, 1.82) is 0 Å². The third-order valence-corrected chi connectivity index (χ3v) is 5.07. The van der Waals surface area contributed by atoms with Gasteiger partial charge in [-0.3, -0.25) is 0 Å². The molecular weight excluding hydrogens is 406 g/mol. The standard InChI is InChI=1S/C25H43N3O4/c1-10-16-19(13-26)17(11-2)21(15-28-23(30)32-25(7,8)9)18(12-3)20(16)14-27-22(29)31-24(4,5)6/h10-15,26H2,1-9H3,(H,27,29)(H,28,30). The van der Waals surface area contributed by atoms with E-state index >= 15 is 0 Å². The Bertz CT molecular complexity index is 744. The predicted octanol–water partition coefficient (Wildman–Crippen LogP) is 4.88. The van der Waals surface area contributed by atoms with Crippen molar-refractivity contribution < 1.29 is 19.1 Å². The Hall–Kier alpha value is -2.28. The maximum absolute atomic E-state index is 12.3. The third-order valence-electron chi connectivity index (χ3n) is 5.07. The van der Waals surface area contributed by atoms with Gasteiger partial charge in [0.2, 0.25) is 0 Å². The van der Waals surface area contributed by atoms with Crippen molar-refractivity contribution >= 4 is 12.2 Å². The molecule has 1 rings (SSSR count). The van der Waals surface area contributed by atoms with Gasteiger partial charge in [0.05, 0.1) is 0 Å². The second-order valence-electron chi connectivity index (χ2n) is 9.85. The summed E-state index contributed by atoms with van der Waals surface area (Å²) in [6.45, 7) is 18.4. The van der Waals surface area contributed by atoms with E-state index in [1.807, 2.05) is 41.5 Å². The highest BCUT2D eigenvalue weighted by molar-refractivity contribution is 5.69. The number of hydrogen-bond donors (Lipinski definition) is 3. The molecule has 32 heavy (non-hydrogen) atoms. The normalized spacial score (nSPS) is 11.8. The molecule has 0 heterocycles. The number of carbonyl (C=O) groups excluding carboxylic acids is 2. The van der Waals surface area contributed by atoms with E-state index in [0.29, 0.717) is 19.6 Å². The molecule has 0 bridgehead atoms. The maximum Gasteiger partial charge on any atom is 0.407 e. The van der Waals surface area contributed by atoms with Gasteiger partial charge in [0.1, 0.15) is 11.2 Å². The van der Waals surface area contributed by atoms with E-state index < -0.39 is 23.4 Å². The number of ether oxygens (including phenoxy) is 2. The maximum atomic E-state index is 12.3. The molecule has 0 aromatic heterocycles. The minimum atomic E-state index is -0.567. The van der Waals surface area contributed by atoms with Crippen molar-refractivity contribution in [2.24, 2.45) is 5.73 Å². The van der Waals surface area contributed by atoms with E-state index in [0.717, 1.165) is 41.5 Å². The molecule has 0 fully saturated rings. The molecule has 182 valence electrons. The van der Waals surface area contributed by atoms with E-state index in [-0.39, 0.29) is 0 Å². The Labute approximate surface area is 193 Å². The number of amides is 2. The highest BCUT2D eigenvalue weighted by atomic mass is 16.6. The van der Waals surface area contributed by atoms with Crippen LogP contribution in [0.2, 0.25) is 0 Å². The largest absolute Gasteiger partial charge is 0.444 e. The third kappa shape index (κ3) is 8.01. The number of nitrogens with two attached hydrogens (primary N) is 1. The Kier molecular flexibility index (Phi) is 10.0. The topological polar surface area (TPSA) is 103 Å². The van der Waals surface area contributed by atoms with Gasteiger partial charge in [-0.05, 0) is 94.2 Å². The molecule has 0 aliphatic carbocycles. The summed E-state index contributed by atoms with van der Waals surface area (Å²) < 4.78 is 10.8. The summed E-state index contributed by atoms with van der Waals surface area (Å²) in [4.78, 5) is 24.6. The molecule has 0 radical (unpaired) electrons. The fraction of sp³-hybridized carbons (Fsp3) is 0.680. The van der Waals surface area contributed by atoms with Gasteiger partial charge in [0.25, 0.3) is 0 Å². The summed E-state index contributed by atoms with van der Waals surface area (Å²) in [6, 6.07) is 0. The molecule has 7 nitrogen and oxygen atoms in total. The monoisotopic (exact) mass is 449 g/mol. The van der Waals surface area contributed by atoms with Gasteiger partial charge >= 0.3 is 12.2 Å². The Balaban J connectivity index is 3.40. The highest BCUT2D eigenvalue weighted by Gasteiger charge is 2.23. The van der Waals surface area contributed by atoms with Crippen LogP contribution in [-0.4, -0.2) is 23.4 Å². The van der Waals surface area contributed by atoms with Crippen LogP contribution in [0.1, 0.15) is 95.7 Å². The van der Waals surface area contributed by atoms with Crippen molar-refractivity contribution in [2.75, 3.05) is 0 Å². The second kappa shape index (κ2) is 11.5. The van der Waals surface area contributed by atoms with Gasteiger partial charge in [0, 0.05) is 19.6 Å². The summed E-state index contributed by atoms with van der Waals surface area (Å²) in [7, 11) is 0. The zero-order valence-electron chi connectivity index (χ0n) is 21.5. The van der Waals surface area contributed by atoms with E-state index in [2.05, 4.69) is 31.4 Å². The summed E-state index contributed by atoms with van der Waals surface area (Å²) in [5, 5.41) is 5.81. The molecule has 0 saturated heterocycles. The first-order valence-electron chi connectivity index (χ1n) is 11.6. The molecule has 7 heteroatoms. The fourth-order valence-corrected chi connectivity index (χ4v) is 4.00. The minimum absolute atomic E-state index is 0.345. The van der Waals surface area contributed by atoms with Gasteiger partial charge in [-0.25, -0.2) is 9.59 Å². The molecule has 2 amide bonds. The lowest BCUT2D eigenvalue weighted by molar-refractivity contribution is 0.0513. The molecule has 4 N–H and O–H groups in total. The number of nitrogens with one attached hydrogen (secondary N) is 2. The lowest BCUT2D eigenvalue weighted by atomic mass is 9.83. The van der Waals surface area contributed by atoms with Crippen LogP contribution in [0.4, 0.5) is 9.59 Å². The minimum Gasteiger partial charge on any atom is -0.444 e. The summed E-state index contributed by atoms with van der Waals surface area (Å²) >= 11 is 0. The quantitative estimate of drug-likeness (QED) is 0.525. The van der Waals surface area contributed by atoms with Crippen LogP contribution in [0, 0.1) is 0 Å². The van der Waals surface area contributed by atoms with Crippen molar-refractivity contribution in [2.45, 2.75) is 112 Å². The smallest absolute Gasteiger partial charge is 0.407 e. The lowest BCUT2D eigenvalue weighted by Gasteiger charge is -2.27. The Morgan fingerprint density at radius 1 is 0.656 bits per heavy atom. The van der Waals surface area contributed by atoms with Crippen LogP contribution in [0.5, 0.6) is 0 Å². The van der Waals surface area contributed by atoms with E-state index in [1.165, 1.54) is 11.1 Å². The van der Waals surface area contributed by atoms with Gasteiger partial charge in [-0.15, -0.1) is 0 Å². The van der Waals surface area contributed by atoms with E-state index in [1.54, 1.807) is 0 Å². The lowest BCUT2D eigenvalue weighted by Crippen LogP contribution is -2.34. The Morgan fingerprint density at radius 3 is 1.22 bits per heavy atom. The molecule has 0 aliphatic rings. The molecule has 0 atom stereocenters. The predicted molar refractivity (Wildman–Crippen MR) is 129 cm³/mol. The SMILES string of the molecule is CCc1c(CN)c(CC)c(CNC(=O)OC(C)(C)C)c(CC)c1CNC(=O)OC(C)(C)C. The highest BCUT2D eigenvalue weighted by Crippen LogP contribution is 2.30. The molecule has 1 aromatic rings. The summed E-state index contributed by atoms with van der Waals surface area (Å²) in [5.41, 5.74) is 11.7. The number of carbonyl (C=O) groups is 2. The first-order valence-corrected chi connectivity index (χ1v) is 11.6. The van der Waals surface area contributed by atoms with Crippen LogP contribution >= 0.6 is 0 Å². The molecule has 0 aliphatic heterocycles. The van der Waals surface area contributed by atoms with Crippen molar-refractivity contribution in [3.8, 4) is 0 Å². The van der Waals surface area contributed by atoms with Crippen molar-refractivity contribution in [3.05, 3.63) is 33.4 Å². The molecule has 0 saturated carbocycles. The number of hydrogen-bond acceptors (Lipinski definition) is 5. The van der Waals surface area contributed by atoms with Gasteiger partial charge in [0.15, 0.2) is 0 Å². The van der Waals surface area contributed by atoms with Crippen LogP contribution in [0.15, 0.2) is 0 Å². The van der Waals surface area contributed by atoms with Gasteiger partial charge < -0.3 is 25.8 Å². The summed E-state index contributed by atoms with van der Waals surface area (Å²) in [6.07, 6.45) is 1.46. The van der Waals surface area contributed by atoms with Crippen LogP contribution in [0.3, 0.4) is 0 Å². The van der Waals surface area contributed by atoms with Crippen LogP contribution in [-0.2, 0) is 48.4 Å². The summed E-state index contributed by atoms with van der Waals surface area (Å²) in [5.74, 6) is 0. The van der Waals surface area contributed by atoms with Crippen LogP contribution in [0.25, 0.3) is 0 Å². The second-order valence-corrected chi connectivity index (χ2v) is 9.85. The van der Waals surface area contributed by atoms with Crippen molar-refractivity contribution in [1.82, 2.24) is 10.6 Å². The van der Waals surface area contributed by atoms with E-state index in [4.69, 9.17) is 15.2 Å². The number of alkyl carbamates (subject to hydrolysis) is 2. The first kappa shape index (κ1) is 27.8.